The van der Waals surface area contributed by atoms with Gasteiger partial charge in [0.25, 0.3) is 5.91 Å². The van der Waals surface area contributed by atoms with Gasteiger partial charge in [-0.2, -0.15) is 0 Å². The summed E-state index contributed by atoms with van der Waals surface area (Å²) in [5, 5.41) is 2.42. The minimum absolute atomic E-state index is 0.271. The van der Waals surface area contributed by atoms with Crippen molar-refractivity contribution in [2.24, 2.45) is 0 Å². The maximum Gasteiger partial charge on any atom is 0.284 e. The van der Waals surface area contributed by atoms with Crippen LogP contribution < -0.4 is 11.2 Å². The zero-order chi connectivity index (χ0) is 12.4. The molecule has 1 heterocycles. The number of nitrogen functional groups attached to an aromatic ring is 1. The lowest BCUT2D eigenvalue weighted by Gasteiger charge is -2.12. The molecule has 88 valence electrons. The molecule has 0 aliphatic heterocycles. The molecule has 0 unspecified atom stereocenters. The number of carbonyl (C=O) groups excluding carboxylic acids is 1. The summed E-state index contributed by atoms with van der Waals surface area (Å²) in [6, 6.07) is 9.05. The Morgan fingerprint density at radius 2 is 2.06 bits per heavy atom. The molecule has 0 aliphatic rings. The van der Waals surface area contributed by atoms with Crippen molar-refractivity contribution in [3.63, 3.8) is 0 Å². The van der Waals surface area contributed by atoms with Crippen LogP contribution in [0, 0.1) is 0 Å². The van der Waals surface area contributed by atoms with Gasteiger partial charge in [-0.05, 0) is 12.1 Å². The van der Waals surface area contributed by atoms with Crippen LogP contribution in [0.5, 0.6) is 0 Å². The lowest BCUT2D eigenvalue weighted by Crippen LogP contribution is -2.36. The molecule has 0 saturated carbocycles. The number of hydrogen-bond acceptors (Lipinski definition) is 4. The fraction of sp³-hybridized carbons (Fsp3) is 0.167. The fourth-order valence-electron chi connectivity index (χ4n) is 1.58. The maximum absolute atomic E-state index is 11.8. The first-order valence-corrected chi connectivity index (χ1v) is 5.21. The van der Waals surface area contributed by atoms with Gasteiger partial charge in [0.05, 0.1) is 5.52 Å². The van der Waals surface area contributed by atoms with E-state index in [0.717, 1.165) is 10.9 Å². The number of fused-ring (bicyclic) bond motifs is 1. The number of aromatic nitrogens is 1. The number of hydrazine groups is 1. The van der Waals surface area contributed by atoms with Gasteiger partial charge in [-0.3, -0.25) is 10.2 Å². The third-order valence-electron chi connectivity index (χ3n) is 2.31. The van der Waals surface area contributed by atoms with Crippen LogP contribution in [0.3, 0.4) is 0 Å². The van der Waals surface area contributed by atoms with Crippen LogP contribution in [0.4, 0.5) is 5.69 Å². The van der Waals surface area contributed by atoms with Gasteiger partial charge in [-0.25, -0.2) is 9.99 Å². The van der Waals surface area contributed by atoms with Crippen LogP contribution in [0.25, 0.3) is 10.9 Å². The molecule has 2 rings (SSSR count). The van der Waals surface area contributed by atoms with Crippen LogP contribution in [0.2, 0.25) is 0 Å². The van der Waals surface area contributed by atoms with Crippen molar-refractivity contribution in [3.05, 3.63) is 36.0 Å². The van der Waals surface area contributed by atoms with Gasteiger partial charge < -0.3 is 5.73 Å². The second kappa shape index (κ2) is 4.39. The number of rotatable bonds is 2. The van der Waals surface area contributed by atoms with E-state index in [1.807, 2.05) is 24.3 Å². The molecule has 0 spiro atoms. The molecule has 0 fully saturated rings. The Morgan fingerprint density at radius 3 is 2.76 bits per heavy atom. The molecule has 3 N–H and O–H groups in total. The second-order valence-corrected chi connectivity index (χ2v) is 3.95. The molecule has 2 aromatic rings. The molecule has 5 nitrogen and oxygen atoms in total. The maximum atomic E-state index is 11.8. The lowest BCUT2D eigenvalue weighted by atomic mass is 10.1. The van der Waals surface area contributed by atoms with E-state index in [2.05, 4.69) is 10.4 Å². The van der Waals surface area contributed by atoms with Crippen molar-refractivity contribution < 1.29 is 4.79 Å². The molecule has 0 bridgehead atoms. The highest BCUT2D eigenvalue weighted by Crippen LogP contribution is 2.19. The van der Waals surface area contributed by atoms with E-state index in [0.29, 0.717) is 11.4 Å². The number of pyridine rings is 1. The molecule has 1 amide bonds. The monoisotopic (exact) mass is 230 g/mol. The third-order valence-corrected chi connectivity index (χ3v) is 2.31. The predicted octanol–water partition coefficient (Wildman–Crippen LogP) is 1.02. The normalized spacial score (nSPS) is 10.8. The highest BCUT2D eigenvalue weighted by atomic mass is 16.2. The zero-order valence-electron chi connectivity index (χ0n) is 9.77. The van der Waals surface area contributed by atoms with Crippen LogP contribution in [-0.2, 0) is 0 Å². The number of hydrogen-bond donors (Lipinski definition) is 2. The minimum atomic E-state index is -0.271. The first-order chi connectivity index (χ1) is 8.08. The fourth-order valence-corrected chi connectivity index (χ4v) is 1.58. The van der Waals surface area contributed by atoms with Crippen LogP contribution in [0.1, 0.15) is 10.5 Å². The molecular weight excluding hydrogens is 216 g/mol. The van der Waals surface area contributed by atoms with E-state index in [1.165, 1.54) is 0 Å². The first-order valence-electron chi connectivity index (χ1n) is 5.21. The highest BCUT2D eigenvalue weighted by molar-refractivity contribution is 5.98. The Morgan fingerprint density at radius 1 is 1.35 bits per heavy atom. The SMILES string of the molecule is CN(C)NC(=O)c1cc(N)c2ccccc2n1. The largest absolute Gasteiger partial charge is 0.398 e. The van der Waals surface area contributed by atoms with Crippen LogP contribution >= 0.6 is 0 Å². The summed E-state index contributed by atoms with van der Waals surface area (Å²) in [6.45, 7) is 0. The van der Waals surface area contributed by atoms with E-state index in [9.17, 15) is 4.79 Å². The van der Waals surface area contributed by atoms with Crippen molar-refractivity contribution >= 4 is 22.5 Å². The quantitative estimate of drug-likeness (QED) is 0.756. The molecule has 5 heteroatoms. The van der Waals surface area contributed by atoms with E-state index in [-0.39, 0.29) is 5.91 Å². The van der Waals surface area contributed by atoms with E-state index >= 15 is 0 Å². The molecule has 1 aromatic carbocycles. The molecule has 0 aliphatic carbocycles. The second-order valence-electron chi connectivity index (χ2n) is 3.95. The van der Waals surface area contributed by atoms with Crippen molar-refractivity contribution in [3.8, 4) is 0 Å². The van der Waals surface area contributed by atoms with Gasteiger partial charge in [-0.15, -0.1) is 0 Å². The first kappa shape index (κ1) is 11.3. The summed E-state index contributed by atoms with van der Waals surface area (Å²) < 4.78 is 0. The van der Waals surface area contributed by atoms with E-state index < -0.39 is 0 Å². The topological polar surface area (TPSA) is 71.2 Å². The number of carbonyl (C=O) groups is 1. The Bertz CT molecular complexity index is 565. The van der Waals surface area contributed by atoms with Gasteiger partial charge >= 0.3 is 0 Å². The van der Waals surface area contributed by atoms with Gasteiger partial charge in [0.2, 0.25) is 0 Å². The Labute approximate surface area is 99.2 Å². The van der Waals surface area contributed by atoms with Gasteiger partial charge in [0.1, 0.15) is 5.69 Å². The summed E-state index contributed by atoms with van der Waals surface area (Å²) in [4.78, 5) is 16.1. The Hall–Kier alpha value is -2.14. The standard InChI is InChI=1S/C12H14N4O/c1-16(2)15-12(17)11-7-9(13)8-5-3-4-6-10(8)14-11/h3-7H,1-2H3,(H2,13,14)(H,15,17). The number of nitrogens with two attached hydrogens (primary N) is 1. The summed E-state index contributed by atoms with van der Waals surface area (Å²) >= 11 is 0. The summed E-state index contributed by atoms with van der Waals surface area (Å²) in [5.41, 5.74) is 10.1. The van der Waals surface area contributed by atoms with Gasteiger partial charge in [-0.1, -0.05) is 18.2 Å². The van der Waals surface area contributed by atoms with Crippen molar-refractivity contribution in [2.45, 2.75) is 0 Å². The predicted molar refractivity (Wildman–Crippen MR) is 67.3 cm³/mol. The van der Waals surface area contributed by atoms with E-state index in [4.69, 9.17) is 5.73 Å². The molecule has 0 atom stereocenters. The smallest absolute Gasteiger partial charge is 0.284 e. The lowest BCUT2D eigenvalue weighted by molar-refractivity contribution is 0.0852. The number of benzene rings is 1. The average Bonchev–Trinajstić information content (AvgIpc) is 2.28. The summed E-state index contributed by atoms with van der Waals surface area (Å²) in [7, 11) is 3.48. The number of anilines is 1. The Kier molecular flexibility index (Phi) is 2.93. The zero-order valence-corrected chi connectivity index (χ0v) is 9.77. The van der Waals surface area contributed by atoms with E-state index in [1.54, 1.807) is 25.2 Å². The van der Waals surface area contributed by atoms with Crippen molar-refractivity contribution in [1.29, 1.82) is 0 Å². The number of para-hydroxylation sites is 1. The summed E-state index contributed by atoms with van der Waals surface area (Å²) in [5.74, 6) is -0.271. The van der Waals surface area contributed by atoms with Crippen molar-refractivity contribution in [1.82, 2.24) is 15.4 Å². The average molecular weight is 230 g/mol. The van der Waals surface area contributed by atoms with Crippen LogP contribution in [0.15, 0.2) is 30.3 Å². The van der Waals surface area contributed by atoms with Gasteiger partial charge in [0.15, 0.2) is 0 Å². The summed E-state index contributed by atoms with van der Waals surface area (Å²) in [6.07, 6.45) is 0. The molecular formula is C12H14N4O. The molecule has 0 saturated heterocycles. The van der Waals surface area contributed by atoms with Crippen LogP contribution in [-0.4, -0.2) is 30.0 Å². The molecule has 0 radical (unpaired) electrons. The number of amides is 1. The highest BCUT2D eigenvalue weighted by Gasteiger charge is 2.10. The van der Waals surface area contributed by atoms with Gasteiger partial charge in [0, 0.05) is 25.2 Å². The molecule has 17 heavy (non-hydrogen) atoms. The number of nitrogens with one attached hydrogen (secondary N) is 1. The van der Waals surface area contributed by atoms with Crippen molar-refractivity contribution in [2.75, 3.05) is 19.8 Å². The third kappa shape index (κ3) is 2.34. The minimum Gasteiger partial charge on any atom is -0.398 e. The molecule has 1 aromatic heterocycles. The number of nitrogens with zero attached hydrogens (tertiary/aromatic N) is 2. The Balaban J connectivity index is 2.46.